The Morgan fingerprint density at radius 1 is 1.42 bits per heavy atom. The lowest BCUT2D eigenvalue weighted by molar-refractivity contribution is 0.639. The molecule has 1 aromatic carbocycles. The molecule has 0 fully saturated rings. The molecule has 2 rings (SSSR count). The largest absolute Gasteiger partial charge is 0.306 e. The summed E-state index contributed by atoms with van der Waals surface area (Å²) in [5.74, 6) is 0. The van der Waals surface area contributed by atoms with Gasteiger partial charge in [0.15, 0.2) is 0 Å². The van der Waals surface area contributed by atoms with Crippen LogP contribution < -0.4 is 5.32 Å². The van der Waals surface area contributed by atoms with Crippen LogP contribution in [0.4, 0.5) is 0 Å². The van der Waals surface area contributed by atoms with E-state index in [1.807, 2.05) is 11.3 Å². The van der Waals surface area contributed by atoms with Gasteiger partial charge in [-0.25, -0.2) is 0 Å². The third kappa shape index (κ3) is 3.73. The highest BCUT2D eigenvalue weighted by Crippen LogP contribution is 2.35. The maximum absolute atomic E-state index is 6.24. The summed E-state index contributed by atoms with van der Waals surface area (Å²) in [4.78, 5) is 2.61. The molecule has 0 aliphatic rings. The number of halogens is 3. The molecule has 1 aromatic heterocycles. The van der Waals surface area contributed by atoms with Crippen molar-refractivity contribution in [2.75, 3.05) is 6.54 Å². The van der Waals surface area contributed by atoms with Gasteiger partial charge in [-0.05, 0) is 75.8 Å². The van der Waals surface area contributed by atoms with Crippen LogP contribution in [0.25, 0.3) is 0 Å². The molecule has 0 amide bonds. The topological polar surface area (TPSA) is 12.0 Å². The van der Waals surface area contributed by atoms with Crippen molar-refractivity contribution < 1.29 is 0 Å². The second-order valence-electron chi connectivity index (χ2n) is 4.22. The first-order chi connectivity index (χ1) is 9.02. The Balaban J connectivity index is 2.41. The minimum atomic E-state index is 0.203. The third-order valence-electron chi connectivity index (χ3n) is 2.85. The van der Waals surface area contributed by atoms with Crippen LogP contribution in [0, 0.1) is 10.5 Å². The molecule has 1 heterocycles. The van der Waals surface area contributed by atoms with E-state index in [-0.39, 0.29) is 6.04 Å². The molecule has 0 aliphatic carbocycles. The molecule has 19 heavy (non-hydrogen) atoms. The third-order valence-corrected chi connectivity index (χ3v) is 6.62. The lowest BCUT2D eigenvalue weighted by Gasteiger charge is -2.17. The number of aryl methyl sites for hydroxylation is 1. The summed E-state index contributed by atoms with van der Waals surface area (Å²) in [6.07, 6.45) is 0. The Bertz CT molecular complexity index is 565. The molecule has 0 aliphatic heterocycles. The van der Waals surface area contributed by atoms with Crippen LogP contribution in [-0.4, -0.2) is 6.54 Å². The van der Waals surface area contributed by atoms with E-state index in [2.05, 4.69) is 82.0 Å². The lowest BCUT2D eigenvalue weighted by atomic mass is 10.1. The van der Waals surface area contributed by atoms with Gasteiger partial charge in [-0.2, -0.15) is 0 Å². The van der Waals surface area contributed by atoms with Crippen molar-refractivity contribution in [1.82, 2.24) is 5.32 Å². The highest BCUT2D eigenvalue weighted by Gasteiger charge is 2.17. The van der Waals surface area contributed by atoms with Crippen LogP contribution in [-0.2, 0) is 0 Å². The average Bonchev–Trinajstić information content (AvgIpc) is 2.70. The monoisotopic (exact) mass is 469 g/mol. The van der Waals surface area contributed by atoms with E-state index >= 15 is 0 Å². The fraction of sp³-hybridized carbons (Fsp3) is 0.286. The van der Waals surface area contributed by atoms with Crippen molar-refractivity contribution in [3.05, 3.63) is 52.6 Å². The highest BCUT2D eigenvalue weighted by molar-refractivity contribution is 14.1. The smallest absolute Gasteiger partial charge is 0.0672 e. The van der Waals surface area contributed by atoms with E-state index in [0.717, 1.165) is 15.1 Å². The molecule has 1 N–H and O–H groups in total. The summed E-state index contributed by atoms with van der Waals surface area (Å²) in [5.41, 5.74) is 1.21. The molecular weight excluding hydrogens is 456 g/mol. The van der Waals surface area contributed by atoms with Crippen molar-refractivity contribution in [3.8, 4) is 0 Å². The fourth-order valence-corrected chi connectivity index (χ4v) is 4.09. The van der Waals surface area contributed by atoms with Crippen LogP contribution in [0.1, 0.15) is 28.3 Å². The molecule has 1 nitrogen and oxygen atoms in total. The van der Waals surface area contributed by atoms with E-state index in [4.69, 9.17) is 11.6 Å². The second kappa shape index (κ2) is 6.89. The zero-order valence-electron chi connectivity index (χ0n) is 10.6. The Hall–Kier alpha value is 0.380. The molecule has 0 bridgehead atoms. The maximum Gasteiger partial charge on any atom is 0.0672 e. The summed E-state index contributed by atoms with van der Waals surface area (Å²) < 4.78 is 2.26. The summed E-state index contributed by atoms with van der Waals surface area (Å²) in [6.45, 7) is 5.17. The van der Waals surface area contributed by atoms with Crippen LogP contribution in [0.3, 0.4) is 0 Å². The van der Waals surface area contributed by atoms with Gasteiger partial charge in [0.05, 0.1) is 11.1 Å². The zero-order valence-corrected chi connectivity index (χ0v) is 16.0. The molecule has 0 saturated carbocycles. The Kier molecular flexibility index (Phi) is 5.72. The first kappa shape index (κ1) is 15.8. The number of hydrogen-bond acceptors (Lipinski definition) is 2. The van der Waals surface area contributed by atoms with Crippen molar-refractivity contribution >= 4 is 61.5 Å². The van der Waals surface area contributed by atoms with Gasteiger partial charge in [0.1, 0.15) is 0 Å². The van der Waals surface area contributed by atoms with Gasteiger partial charge in [-0.1, -0.05) is 24.6 Å². The lowest BCUT2D eigenvalue weighted by Crippen LogP contribution is -2.21. The molecule has 0 saturated heterocycles. The SMILES string of the molecule is CCNC(c1ccc(I)c(Cl)c1)c1cc(Br)c(C)s1. The Labute approximate surface area is 145 Å². The summed E-state index contributed by atoms with van der Waals surface area (Å²) in [7, 11) is 0. The second-order valence-corrected chi connectivity index (χ2v) is 7.93. The van der Waals surface area contributed by atoms with Gasteiger partial charge in [-0.3, -0.25) is 0 Å². The van der Waals surface area contributed by atoms with Gasteiger partial charge < -0.3 is 5.32 Å². The summed E-state index contributed by atoms with van der Waals surface area (Å²) >= 11 is 13.9. The highest BCUT2D eigenvalue weighted by atomic mass is 127. The van der Waals surface area contributed by atoms with E-state index in [9.17, 15) is 0 Å². The van der Waals surface area contributed by atoms with Gasteiger partial charge in [0, 0.05) is 17.8 Å². The first-order valence-corrected chi connectivity index (χ1v) is 9.03. The van der Waals surface area contributed by atoms with Crippen LogP contribution in [0.2, 0.25) is 5.02 Å². The van der Waals surface area contributed by atoms with E-state index in [1.54, 1.807) is 0 Å². The van der Waals surface area contributed by atoms with E-state index < -0.39 is 0 Å². The molecule has 1 atom stereocenters. The molecule has 5 heteroatoms. The normalized spacial score (nSPS) is 12.7. The summed E-state index contributed by atoms with van der Waals surface area (Å²) in [5, 5.41) is 4.34. The Morgan fingerprint density at radius 2 is 2.16 bits per heavy atom. The van der Waals surface area contributed by atoms with E-state index in [1.165, 1.54) is 19.8 Å². The molecule has 1 unspecified atom stereocenters. The first-order valence-electron chi connectivity index (χ1n) is 5.97. The molecule has 0 spiro atoms. The predicted molar refractivity (Wildman–Crippen MR) is 96.4 cm³/mol. The standard InChI is InChI=1S/C14H14BrClINS/c1-3-18-14(13-7-10(15)8(2)19-13)9-4-5-12(17)11(16)6-9/h4-7,14,18H,3H2,1-2H3. The number of rotatable bonds is 4. The Morgan fingerprint density at radius 3 is 2.68 bits per heavy atom. The molecule has 102 valence electrons. The van der Waals surface area contributed by atoms with E-state index in [0.29, 0.717) is 0 Å². The quantitative estimate of drug-likeness (QED) is 0.559. The molecular formula is C14H14BrClINS. The van der Waals surface area contributed by atoms with Gasteiger partial charge in [0.25, 0.3) is 0 Å². The minimum Gasteiger partial charge on any atom is -0.306 e. The van der Waals surface area contributed by atoms with Crippen LogP contribution in [0.15, 0.2) is 28.7 Å². The number of benzene rings is 1. The maximum atomic E-state index is 6.24. The summed E-state index contributed by atoms with van der Waals surface area (Å²) in [6, 6.07) is 8.66. The molecule has 2 aromatic rings. The fourth-order valence-electron chi connectivity index (χ4n) is 1.90. The van der Waals surface area contributed by atoms with Gasteiger partial charge in [0.2, 0.25) is 0 Å². The van der Waals surface area contributed by atoms with Crippen molar-refractivity contribution in [1.29, 1.82) is 0 Å². The predicted octanol–water partition coefficient (Wildman–Crippen LogP) is 5.78. The van der Waals surface area contributed by atoms with Gasteiger partial charge in [-0.15, -0.1) is 11.3 Å². The van der Waals surface area contributed by atoms with Crippen molar-refractivity contribution in [3.63, 3.8) is 0 Å². The van der Waals surface area contributed by atoms with Gasteiger partial charge >= 0.3 is 0 Å². The number of hydrogen-bond donors (Lipinski definition) is 1. The van der Waals surface area contributed by atoms with Crippen molar-refractivity contribution in [2.45, 2.75) is 19.9 Å². The minimum absolute atomic E-state index is 0.203. The zero-order chi connectivity index (χ0) is 14.0. The average molecular weight is 471 g/mol. The molecule has 0 radical (unpaired) electrons. The number of nitrogens with one attached hydrogen (secondary N) is 1. The number of thiophene rings is 1. The van der Waals surface area contributed by atoms with Crippen molar-refractivity contribution in [2.24, 2.45) is 0 Å². The van der Waals surface area contributed by atoms with Crippen LogP contribution >= 0.6 is 61.5 Å². The van der Waals surface area contributed by atoms with Crippen LogP contribution in [0.5, 0.6) is 0 Å².